The molecule has 0 aliphatic carbocycles. The number of rotatable bonds is 6. The van der Waals surface area contributed by atoms with Crippen LogP contribution >= 0.6 is 0 Å². The van der Waals surface area contributed by atoms with E-state index in [1.165, 1.54) is 6.92 Å². The van der Waals surface area contributed by atoms with E-state index in [9.17, 15) is 9.59 Å². The number of hydrogen-bond donors (Lipinski definition) is 2. The van der Waals surface area contributed by atoms with Crippen molar-refractivity contribution in [1.29, 1.82) is 0 Å². The van der Waals surface area contributed by atoms with Crippen molar-refractivity contribution in [1.82, 2.24) is 15.2 Å². The Kier molecular flexibility index (Phi) is 5.07. The summed E-state index contributed by atoms with van der Waals surface area (Å²) in [6, 6.07) is 14.3. The van der Waals surface area contributed by atoms with Crippen molar-refractivity contribution < 1.29 is 9.53 Å². The van der Waals surface area contributed by atoms with Crippen LogP contribution in [-0.2, 0) is 6.42 Å². The number of aromatic amines is 1. The summed E-state index contributed by atoms with van der Waals surface area (Å²) in [5.74, 6) is 0.929. The molecule has 0 unspecified atom stereocenters. The third kappa shape index (κ3) is 4.13. The molecule has 0 radical (unpaired) electrons. The molecule has 7 heteroatoms. The molecule has 0 spiro atoms. The molecule has 2 N–H and O–H groups in total. The molecule has 0 bridgehead atoms. The smallest absolute Gasteiger partial charge is 0.274 e. The molecule has 0 amide bonds. The minimum absolute atomic E-state index is 0.0388. The number of Topliss-reactive ketones (excluding diaryl/α,β-unsaturated/α-hetero) is 1. The monoisotopic (exact) mass is 350 g/mol. The lowest BCUT2D eigenvalue weighted by atomic mass is 10.1. The van der Waals surface area contributed by atoms with Crippen molar-refractivity contribution in [2.75, 3.05) is 12.4 Å². The highest BCUT2D eigenvalue weighted by Crippen LogP contribution is 2.15. The van der Waals surface area contributed by atoms with Crippen LogP contribution in [0.2, 0.25) is 0 Å². The highest BCUT2D eigenvalue weighted by Gasteiger charge is 2.07. The fourth-order valence-electron chi connectivity index (χ4n) is 2.42. The first-order valence-electron chi connectivity index (χ1n) is 8.02. The summed E-state index contributed by atoms with van der Waals surface area (Å²) in [4.78, 5) is 26.4. The zero-order valence-electron chi connectivity index (χ0n) is 14.4. The standard InChI is InChI=1S/C19H18N4O3/c1-12(24)14-4-3-5-15(11-14)20-19-21-18(25)17(22-23-19)10-13-6-8-16(26-2)9-7-13/h3-9,11H,10H2,1-2H3,(H2,20,21,23,25). The van der Waals surface area contributed by atoms with Crippen molar-refractivity contribution >= 4 is 17.4 Å². The molecule has 0 atom stereocenters. The van der Waals surface area contributed by atoms with Crippen LogP contribution in [0.5, 0.6) is 5.75 Å². The zero-order valence-corrected chi connectivity index (χ0v) is 14.4. The van der Waals surface area contributed by atoms with Gasteiger partial charge in [-0.15, -0.1) is 10.2 Å². The number of nitrogens with one attached hydrogen (secondary N) is 2. The van der Waals surface area contributed by atoms with Gasteiger partial charge in [-0.1, -0.05) is 24.3 Å². The van der Waals surface area contributed by atoms with E-state index in [1.807, 2.05) is 24.3 Å². The summed E-state index contributed by atoms with van der Waals surface area (Å²) in [7, 11) is 1.60. The molecule has 1 aromatic heterocycles. The van der Waals surface area contributed by atoms with Crippen LogP contribution in [0.1, 0.15) is 28.5 Å². The Morgan fingerprint density at radius 1 is 1.15 bits per heavy atom. The van der Waals surface area contributed by atoms with Crippen LogP contribution in [0.25, 0.3) is 0 Å². The summed E-state index contributed by atoms with van der Waals surface area (Å²) in [6.07, 6.45) is 0.367. The van der Waals surface area contributed by atoms with Gasteiger partial charge in [-0.3, -0.25) is 14.6 Å². The molecule has 0 aliphatic heterocycles. The van der Waals surface area contributed by atoms with Crippen LogP contribution in [-0.4, -0.2) is 28.1 Å². The number of methoxy groups -OCH3 is 1. The van der Waals surface area contributed by atoms with Crippen molar-refractivity contribution in [2.24, 2.45) is 0 Å². The van der Waals surface area contributed by atoms with E-state index in [4.69, 9.17) is 4.74 Å². The highest BCUT2D eigenvalue weighted by molar-refractivity contribution is 5.95. The predicted octanol–water partition coefficient (Wildman–Crippen LogP) is 2.71. The number of aromatic nitrogens is 3. The van der Waals surface area contributed by atoms with E-state index in [0.29, 0.717) is 23.4 Å². The molecular formula is C19H18N4O3. The maximum absolute atomic E-state index is 12.3. The Morgan fingerprint density at radius 2 is 1.92 bits per heavy atom. The average Bonchev–Trinajstić information content (AvgIpc) is 2.65. The number of nitrogens with zero attached hydrogens (tertiary/aromatic N) is 2. The van der Waals surface area contributed by atoms with Gasteiger partial charge < -0.3 is 10.1 Å². The van der Waals surface area contributed by atoms with Gasteiger partial charge in [0.2, 0.25) is 5.95 Å². The lowest BCUT2D eigenvalue weighted by Crippen LogP contribution is -2.18. The van der Waals surface area contributed by atoms with Crippen LogP contribution in [0, 0.1) is 0 Å². The Labute approximate surface area is 150 Å². The molecule has 1 heterocycles. The van der Waals surface area contributed by atoms with Crippen molar-refractivity contribution in [3.63, 3.8) is 0 Å². The van der Waals surface area contributed by atoms with Gasteiger partial charge in [-0.2, -0.15) is 0 Å². The Bertz CT molecular complexity index is 981. The summed E-state index contributed by atoms with van der Waals surface area (Å²) in [5.41, 5.74) is 2.15. The van der Waals surface area contributed by atoms with Crippen molar-refractivity contribution in [3.05, 3.63) is 75.7 Å². The molecule has 132 valence electrons. The quantitative estimate of drug-likeness (QED) is 0.664. The van der Waals surface area contributed by atoms with Gasteiger partial charge in [0.1, 0.15) is 11.4 Å². The second-order valence-corrected chi connectivity index (χ2v) is 5.74. The number of carbonyl (C=O) groups is 1. The molecule has 3 rings (SSSR count). The summed E-state index contributed by atoms with van der Waals surface area (Å²) in [6.45, 7) is 1.49. The molecule has 26 heavy (non-hydrogen) atoms. The number of ether oxygens (including phenoxy) is 1. The average molecular weight is 350 g/mol. The van der Waals surface area contributed by atoms with E-state index in [1.54, 1.807) is 31.4 Å². The number of H-pyrrole nitrogens is 1. The van der Waals surface area contributed by atoms with E-state index in [2.05, 4.69) is 20.5 Å². The topological polar surface area (TPSA) is 97.0 Å². The van der Waals surface area contributed by atoms with Gasteiger partial charge in [-0.05, 0) is 36.8 Å². The first-order chi connectivity index (χ1) is 12.5. The Balaban J connectivity index is 1.75. The molecule has 2 aromatic carbocycles. The van der Waals surface area contributed by atoms with Gasteiger partial charge in [-0.25, -0.2) is 0 Å². The van der Waals surface area contributed by atoms with Gasteiger partial charge in [0.15, 0.2) is 5.78 Å². The van der Waals surface area contributed by atoms with Crippen LogP contribution in [0.3, 0.4) is 0 Å². The van der Waals surface area contributed by atoms with Crippen LogP contribution in [0.15, 0.2) is 53.3 Å². The summed E-state index contributed by atoms with van der Waals surface area (Å²) >= 11 is 0. The van der Waals surface area contributed by atoms with Crippen LogP contribution in [0.4, 0.5) is 11.6 Å². The number of ketones is 1. The molecule has 0 saturated heterocycles. The Morgan fingerprint density at radius 3 is 2.58 bits per heavy atom. The van der Waals surface area contributed by atoms with E-state index < -0.39 is 0 Å². The lowest BCUT2D eigenvalue weighted by Gasteiger charge is -2.07. The van der Waals surface area contributed by atoms with Crippen LogP contribution < -0.4 is 15.6 Å². The minimum atomic E-state index is -0.318. The molecule has 0 aliphatic rings. The largest absolute Gasteiger partial charge is 0.497 e. The lowest BCUT2D eigenvalue weighted by molar-refractivity contribution is 0.101. The van der Waals surface area contributed by atoms with E-state index in [-0.39, 0.29) is 17.3 Å². The van der Waals surface area contributed by atoms with E-state index >= 15 is 0 Å². The SMILES string of the molecule is COc1ccc(Cc2nnc(Nc3cccc(C(C)=O)c3)[nH]c2=O)cc1. The molecule has 3 aromatic rings. The second kappa shape index (κ2) is 7.60. The number of benzene rings is 2. The van der Waals surface area contributed by atoms with E-state index in [0.717, 1.165) is 11.3 Å². The molecular weight excluding hydrogens is 332 g/mol. The van der Waals surface area contributed by atoms with Crippen molar-refractivity contribution in [3.8, 4) is 5.75 Å². The molecule has 0 saturated carbocycles. The predicted molar refractivity (Wildman–Crippen MR) is 98.2 cm³/mol. The fraction of sp³-hybridized carbons (Fsp3) is 0.158. The zero-order chi connectivity index (χ0) is 18.5. The van der Waals surface area contributed by atoms with Gasteiger partial charge in [0.25, 0.3) is 5.56 Å². The maximum atomic E-state index is 12.3. The van der Waals surface area contributed by atoms with Gasteiger partial charge in [0, 0.05) is 17.7 Å². The number of hydrogen-bond acceptors (Lipinski definition) is 6. The van der Waals surface area contributed by atoms with Crippen molar-refractivity contribution in [2.45, 2.75) is 13.3 Å². The number of anilines is 2. The third-order valence-electron chi connectivity index (χ3n) is 3.83. The fourth-order valence-corrected chi connectivity index (χ4v) is 2.42. The van der Waals surface area contributed by atoms with Gasteiger partial charge >= 0.3 is 0 Å². The molecule has 0 fully saturated rings. The highest BCUT2D eigenvalue weighted by atomic mass is 16.5. The molecule has 7 nitrogen and oxygen atoms in total. The summed E-state index contributed by atoms with van der Waals surface area (Å²) < 4.78 is 5.11. The van der Waals surface area contributed by atoms with Gasteiger partial charge in [0.05, 0.1) is 7.11 Å². The first-order valence-corrected chi connectivity index (χ1v) is 8.02. The Hall–Kier alpha value is -3.48. The number of carbonyl (C=O) groups excluding carboxylic acids is 1. The second-order valence-electron chi connectivity index (χ2n) is 5.74. The summed E-state index contributed by atoms with van der Waals surface area (Å²) in [5, 5.41) is 11.0. The third-order valence-corrected chi connectivity index (χ3v) is 3.83. The first kappa shape index (κ1) is 17.3. The normalized spacial score (nSPS) is 10.4. The maximum Gasteiger partial charge on any atom is 0.274 e. The minimum Gasteiger partial charge on any atom is -0.497 e.